The largest absolute Gasteiger partial charge is 0.385 e. The predicted molar refractivity (Wildman–Crippen MR) is 85.2 cm³/mol. The first-order valence-corrected chi connectivity index (χ1v) is 7.88. The molecule has 2 N–H and O–H groups in total. The molecule has 3 nitrogen and oxygen atoms in total. The Kier molecular flexibility index (Phi) is 5.86. The van der Waals surface area contributed by atoms with Crippen molar-refractivity contribution in [3.05, 3.63) is 29.3 Å². The molecule has 1 aromatic carbocycles. The summed E-state index contributed by atoms with van der Waals surface area (Å²) in [5.74, 6) is 0.578. The van der Waals surface area contributed by atoms with Crippen molar-refractivity contribution in [2.24, 2.45) is 5.92 Å². The molecule has 1 aliphatic rings. The summed E-state index contributed by atoms with van der Waals surface area (Å²) >= 11 is 0. The van der Waals surface area contributed by atoms with E-state index in [1.54, 1.807) is 0 Å². The smallest absolute Gasteiger partial charge is 0.0622 e. The maximum atomic E-state index is 5.58. The molecule has 3 heteroatoms. The van der Waals surface area contributed by atoms with E-state index in [0.29, 0.717) is 12.0 Å². The third-order valence-electron chi connectivity index (χ3n) is 4.02. The third-order valence-corrected chi connectivity index (χ3v) is 4.02. The summed E-state index contributed by atoms with van der Waals surface area (Å²) in [4.78, 5) is 0. The maximum Gasteiger partial charge on any atom is 0.0622 e. The number of benzene rings is 1. The summed E-state index contributed by atoms with van der Waals surface area (Å²) in [6, 6.07) is 7.05. The van der Waals surface area contributed by atoms with E-state index in [1.165, 1.54) is 29.7 Å². The van der Waals surface area contributed by atoms with Crippen molar-refractivity contribution in [3.8, 4) is 0 Å². The van der Waals surface area contributed by atoms with Gasteiger partial charge in [-0.05, 0) is 36.8 Å². The van der Waals surface area contributed by atoms with Crippen LogP contribution in [0.25, 0.3) is 0 Å². The van der Waals surface area contributed by atoms with Gasteiger partial charge in [-0.1, -0.05) is 32.0 Å². The third kappa shape index (κ3) is 3.97. The van der Waals surface area contributed by atoms with Gasteiger partial charge in [-0.25, -0.2) is 0 Å². The molecule has 1 aliphatic heterocycles. The summed E-state index contributed by atoms with van der Waals surface area (Å²) in [5.41, 5.74) is 4.19. The molecule has 112 valence electrons. The molecular weight excluding hydrogens is 248 g/mol. The van der Waals surface area contributed by atoms with Crippen molar-refractivity contribution in [1.29, 1.82) is 0 Å². The molecule has 1 unspecified atom stereocenters. The van der Waals surface area contributed by atoms with E-state index in [4.69, 9.17) is 4.74 Å². The molecule has 0 radical (unpaired) electrons. The normalized spacial score (nSPS) is 15.8. The summed E-state index contributed by atoms with van der Waals surface area (Å²) in [6.45, 7) is 10.1. The molecule has 0 aliphatic carbocycles. The van der Waals surface area contributed by atoms with Crippen LogP contribution in [0.5, 0.6) is 0 Å². The topological polar surface area (TPSA) is 33.3 Å². The van der Waals surface area contributed by atoms with E-state index in [-0.39, 0.29) is 0 Å². The van der Waals surface area contributed by atoms with Gasteiger partial charge in [0, 0.05) is 31.4 Å². The first-order valence-electron chi connectivity index (χ1n) is 7.88. The minimum Gasteiger partial charge on any atom is -0.385 e. The molecular formula is C17H28N2O. The minimum atomic E-state index is 0.411. The highest BCUT2D eigenvalue weighted by Gasteiger charge is 2.16. The lowest BCUT2D eigenvalue weighted by Crippen LogP contribution is -2.37. The molecule has 1 heterocycles. The van der Waals surface area contributed by atoms with Gasteiger partial charge in [0.2, 0.25) is 0 Å². The number of hydrogen-bond donors (Lipinski definition) is 2. The highest BCUT2D eigenvalue weighted by molar-refractivity contribution is 5.59. The highest BCUT2D eigenvalue weighted by atomic mass is 16.5. The quantitative estimate of drug-likeness (QED) is 0.802. The van der Waals surface area contributed by atoms with Gasteiger partial charge in [0.25, 0.3) is 0 Å². The Labute approximate surface area is 123 Å². The molecule has 0 bridgehead atoms. The number of ether oxygens (including phenoxy) is 1. The zero-order chi connectivity index (χ0) is 14.4. The molecule has 2 rings (SSSR count). The van der Waals surface area contributed by atoms with Crippen molar-refractivity contribution in [2.45, 2.75) is 46.2 Å². The van der Waals surface area contributed by atoms with Crippen LogP contribution in [0, 0.1) is 5.92 Å². The summed E-state index contributed by atoms with van der Waals surface area (Å²) in [7, 11) is 0. The Hall–Kier alpha value is -1.06. The number of aryl methyl sites for hydroxylation is 1. The van der Waals surface area contributed by atoms with Crippen LogP contribution in [0.1, 0.15) is 38.3 Å². The summed E-state index contributed by atoms with van der Waals surface area (Å²) < 4.78 is 5.58. The van der Waals surface area contributed by atoms with Gasteiger partial charge < -0.3 is 15.4 Å². The minimum absolute atomic E-state index is 0.411. The van der Waals surface area contributed by atoms with Gasteiger partial charge in [-0.15, -0.1) is 0 Å². The van der Waals surface area contributed by atoms with Crippen molar-refractivity contribution < 1.29 is 4.74 Å². The van der Waals surface area contributed by atoms with Crippen LogP contribution in [0.15, 0.2) is 18.2 Å². The molecule has 0 saturated heterocycles. The van der Waals surface area contributed by atoms with E-state index < -0.39 is 0 Å². The molecule has 0 fully saturated rings. The SMILES string of the molecule is CCOCC(NCc1cccc2c1NCCC2)C(C)C. The number of hydrogen-bond acceptors (Lipinski definition) is 3. The molecule has 0 amide bonds. The van der Waals surface area contributed by atoms with Gasteiger partial charge in [0.15, 0.2) is 0 Å². The number of nitrogens with one attached hydrogen (secondary N) is 2. The predicted octanol–water partition coefficient (Wildman–Crippen LogP) is 3.20. The second-order valence-corrected chi connectivity index (χ2v) is 5.87. The Morgan fingerprint density at radius 2 is 2.20 bits per heavy atom. The van der Waals surface area contributed by atoms with Crippen LogP contribution in [0.4, 0.5) is 5.69 Å². The number of para-hydroxylation sites is 1. The lowest BCUT2D eigenvalue weighted by molar-refractivity contribution is 0.108. The Balaban J connectivity index is 1.98. The molecule has 1 atom stereocenters. The standard InChI is InChI=1S/C17H28N2O/c1-4-20-12-16(13(2)3)19-11-15-8-5-7-14-9-6-10-18-17(14)15/h5,7-8,13,16,18-19H,4,6,9-12H2,1-3H3. The van der Waals surface area contributed by atoms with Gasteiger partial charge >= 0.3 is 0 Å². The van der Waals surface area contributed by atoms with Crippen LogP contribution in [-0.2, 0) is 17.7 Å². The van der Waals surface area contributed by atoms with Crippen LogP contribution in [0.2, 0.25) is 0 Å². The van der Waals surface area contributed by atoms with Crippen molar-refractivity contribution in [3.63, 3.8) is 0 Å². The first-order chi connectivity index (χ1) is 9.72. The average molecular weight is 276 g/mol. The van der Waals surface area contributed by atoms with Crippen molar-refractivity contribution in [1.82, 2.24) is 5.32 Å². The van der Waals surface area contributed by atoms with Gasteiger partial charge in [0.1, 0.15) is 0 Å². The fourth-order valence-electron chi connectivity index (χ4n) is 2.70. The molecule has 0 saturated carbocycles. The van der Waals surface area contributed by atoms with E-state index in [0.717, 1.165) is 26.3 Å². The van der Waals surface area contributed by atoms with Crippen LogP contribution in [0.3, 0.4) is 0 Å². The summed E-state index contributed by atoms with van der Waals surface area (Å²) in [6.07, 6.45) is 2.44. The van der Waals surface area contributed by atoms with Crippen LogP contribution in [-0.4, -0.2) is 25.8 Å². The van der Waals surface area contributed by atoms with E-state index >= 15 is 0 Å². The molecule has 1 aromatic rings. The second-order valence-electron chi connectivity index (χ2n) is 5.87. The number of fused-ring (bicyclic) bond motifs is 1. The zero-order valence-electron chi connectivity index (χ0n) is 13.0. The Morgan fingerprint density at radius 1 is 1.35 bits per heavy atom. The summed E-state index contributed by atoms with van der Waals surface area (Å²) in [5, 5.41) is 7.21. The molecule has 0 aromatic heterocycles. The van der Waals surface area contributed by atoms with Gasteiger partial charge in [-0.3, -0.25) is 0 Å². The van der Waals surface area contributed by atoms with Gasteiger partial charge in [-0.2, -0.15) is 0 Å². The first kappa shape index (κ1) is 15.3. The number of rotatable bonds is 7. The van der Waals surface area contributed by atoms with Crippen molar-refractivity contribution in [2.75, 3.05) is 25.1 Å². The van der Waals surface area contributed by atoms with Gasteiger partial charge in [0.05, 0.1) is 6.61 Å². The lowest BCUT2D eigenvalue weighted by atomic mass is 9.98. The fraction of sp³-hybridized carbons (Fsp3) is 0.647. The average Bonchev–Trinajstić information content (AvgIpc) is 2.47. The van der Waals surface area contributed by atoms with Crippen LogP contribution >= 0.6 is 0 Å². The van der Waals surface area contributed by atoms with E-state index in [9.17, 15) is 0 Å². The van der Waals surface area contributed by atoms with Crippen molar-refractivity contribution >= 4 is 5.69 Å². The Morgan fingerprint density at radius 3 is 2.95 bits per heavy atom. The highest BCUT2D eigenvalue weighted by Crippen LogP contribution is 2.26. The lowest BCUT2D eigenvalue weighted by Gasteiger charge is -2.25. The fourth-order valence-corrected chi connectivity index (χ4v) is 2.70. The maximum absolute atomic E-state index is 5.58. The number of anilines is 1. The molecule has 20 heavy (non-hydrogen) atoms. The Bertz CT molecular complexity index is 417. The second kappa shape index (κ2) is 7.65. The van der Waals surface area contributed by atoms with E-state index in [1.807, 2.05) is 0 Å². The monoisotopic (exact) mass is 276 g/mol. The molecule has 0 spiro atoms. The van der Waals surface area contributed by atoms with E-state index in [2.05, 4.69) is 49.6 Å². The zero-order valence-corrected chi connectivity index (χ0v) is 13.0. The van der Waals surface area contributed by atoms with Crippen LogP contribution < -0.4 is 10.6 Å².